The molecule has 138 valence electrons. The van der Waals surface area contributed by atoms with Crippen LogP contribution in [0.2, 0.25) is 5.02 Å². The number of amides is 1. The first-order valence-electron chi connectivity index (χ1n) is 8.91. The molecule has 1 aromatic rings. The Hall–Kier alpha value is -0.850. The highest BCUT2D eigenvalue weighted by Crippen LogP contribution is 2.38. The van der Waals surface area contributed by atoms with E-state index in [9.17, 15) is 4.79 Å². The van der Waals surface area contributed by atoms with Gasteiger partial charge in [0.25, 0.3) is 0 Å². The number of benzene rings is 1. The van der Waals surface area contributed by atoms with Crippen molar-refractivity contribution in [2.75, 3.05) is 32.7 Å². The van der Waals surface area contributed by atoms with Crippen LogP contribution in [0, 0.1) is 11.3 Å². The van der Waals surface area contributed by atoms with Crippen molar-refractivity contribution in [3.8, 4) is 0 Å². The molecule has 3 aliphatic heterocycles. The molecule has 3 N–H and O–H groups in total. The first-order chi connectivity index (χ1) is 11.7. The standard InChI is InChI=1S/C18H25ClN4O.ClH/c19-15-4-2-1-3-13(15)16-14(11-21-22-16)17(24)23-9-6-18(7-10-23)5-8-20-12-18;/h1-4,14,16,20-22H,5-12H2;1H. The number of rotatable bonds is 2. The molecule has 0 bridgehead atoms. The van der Waals surface area contributed by atoms with E-state index in [0.29, 0.717) is 17.0 Å². The second-order valence-corrected chi connectivity index (χ2v) is 7.79. The molecule has 4 rings (SSSR count). The fraction of sp³-hybridized carbons (Fsp3) is 0.611. The molecule has 3 saturated heterocycles. The number of hydrogen-bond donors (Lipinski definition) is 3. The van der Waals surface area contributed by atoms with Gasteiger partial charge in [-0.25, -0.2) is 5.43 Å². The summed E-state index contributed by atoms with van der Waals surface area (Å²) in [6.45, 7) is 4.65. The number of likely N-dealkylation sites (tertiary alicyclic amines) is 1. The van der Waals surface area contributed by atoms with Crippen molar-refractivity contribution in [2.24, 2.45) is 11.3 Å². The average molecular weight is 385 g/mol. The fourth-order valence-corrected chi connectivity index (χ4v) is 4.66. The maximum absolute atomic E-state index is 13.1. The Morgan fingerprint density at radius 3 is 2.64 bits per heavy atom. The zero-order chi connectivity index (χ0) is 16.6. The van der Waals surface area contributed by atoms with Gasteiger partial charge in [-0.15, -0.1) is 12.4 Å². The molecule has 7 heteroatoms. The van der Waals surface area contributed by atoms with Gasteiger partial charge in [0.1, 0.15) is 0 Å². The summed E-state index contributed by atoms with van der Waals surface area (Å²) in [5.41, 5.74) is 7.82. The van der Waals surface area contributed by atoms with Gasteiger partial charge in [0.2, 0.25) is 5.91 Å². The lowest BCUT2D eigenvalue weighted by atomic mass is 9.77. The maximum Gasteiger partial charge on any atom is 0.229 e. The normalized spacial score (nSPS) is 28.1. The Balaban J connectivity index is 0.00000182. The number of carbonyl (C=O) groups is 1. The zero-order valence-corrected chi connectivity index (χ0v) is 15.8. The van der Waals surface area contributed by atoms with Gasteiger partial charge >= 0.3 is 0 Å². The molecule has 1 amide bonds. The summed E-state index contributed by atoms with van der Waals surface area (Å²) in [4.78, 5) is 15.1. The molecule has 3 heterocycles. The quantitative estimate of drug-likeness (QED) is 0.730. The van der Waals surface area contributed by atoms with Gasteiger partial charge in [0, 0.05) is 31.2 Å². The van der Waals surface area contributed by atoms with Gasteiger partial charge in [-0.2, -0.15) is 0 Å². The lowest BCUT2D eigenvalue weighted by Crippen LogP contribution is -2.47. The highest BCUT2D eigenvalue weighted by Gasteiger charge is 2.42. The van der Waals surface area contributed by atoms with Crippen LogP contribution in [0.4, 0.5) is 0 Å². The van der Waals surface area contributed by atoms with Crippen molar-refractivity contribution in [2.45, 2.75) is 25.3 Å². The highest BCUT2D eigenvalue weighted by atomic mass is 35.5. The molecule has 25 heavy (non-hydrogen) atoms. The zero-order valence-electron chi connectivity index (χ0n) is 14.3. The van der Waals surface area contributed by atoms with Crippen molar-refractivity contribution >= 4 is 29.9 Å². The minimum absolute atomic E-state index is 0. The summed E-state index contributed by atoms with van der Waals surface area (Å²) in [7, 11) is 0. The van der Waals surface area contributed by atoms with Crippen molar-refractivity contribution in [3.05, 3.63) is 34.9 Å². The Bertz CT molecular complexity index is 611. The van der Waals surface area contributed by atoms with Crippen LogP contribution in [0.25, 0.3) is 0 Å². The first kappa shape index (κ1) is 18.9. The van der Waals surface area contributed by atoms with E-state index < -0.39 is 0 Å². The summed E-state index contributed by atoms with van der Waals surface area (Å²) >= 11 is 6.34. The molecule has 0 aliphatic carbocycles. The molecule has 1 spiro atoms. The van der Waals surface area contributed by atoms with Crippen LogP contribution in [0.5, 0.6) is 0 Å². The van der Waals surface area contributed by atoms with Gasteiger partial charge in [-0.05, 0) is 42.9 Å². The number of hydrazine groups is 1. The molecule has 3 aliphatic rings. The summed E-state index contributed by atoms with van der Waals surface area (Å²) in [5, 5.41) is 4.19. The molecule has 5 nitrogen and oxygen atoms in total. The van der Waals surface area contributed by atoms with Crippen molar-refractivity contribution in [1.82, 2.24) is 21.1 Å². The second-order valence-electron chi connectivity index (χ2n) is 7.38. The number of halogens is 2. The smallest absolute Gasteiger partial charge is 0.229 e. The molecular weight excluding hydrogens is 359 g/mol. The monoisotopic (exact) mass is 384 g/mol. The number of carbonyl (C=O) groups excluding carboxylic acids is 1. The molecule has 2 atom stereocenters. The Morgan fingerprint density at radius 2 is 1.96 bits per heavy atom. The van der Waals surface area contributed by atoms with Crippen LogP contribution in [0.3, 0.4) is 0 Å². The summed E-state index contributed by atoms with van der Waals surface area (Å²) in [6, 6.07) is 7.72. The Labute approximate surface area is 160 Å². The van der Waals surface area contributed by atoms with E-state index in [2.05, 4.69) is 21.1 Å². The number of piperidine rings is 1. The predicted molar refractivity (Wildman–Crippen MR) is 102 cm³/mol. The van der Waals surface area contributed by atoms with Crippen LogP contribution < -0.4 is 16.2 Å². The van der Waals surface area contributed by atoms with Crippen molar-refractivity contribution < 1.29 is 4.79 Å². The van der Waals surface area contributed by atoms with Crippen LogP contribution in [-0.4, -0.2) is 43.5 Å². The lowest BCUT2D eigenvalue weighted by molar-refractivity contribution is -0.137. The van der Waals surface area contributed by atoms with Crippen molar-refractivity contribution in [1.29, 1.82) is 0 Å². The van der Waals surface area contributed by atoms with Gasteiger partial charge in [-0.1, -0.05) is 29.8 Å². The molecule has 1 aromatic carbocycles. The largest absolute Gasteiger partial charge is 0.342 e. The molecular formula is C18H26Cl2N4O. The number of nitrogens with one attached hydrogen (secondary N) is 3. The van der Waals surface area contributed by atoms with Gasteiger partial charge in [0.05, 0.1) is 12.0 Å². The maximum atomic E-state index is 13.1. The minimum Gasteiger partial charge on any atom is -0.342 e. The first-order valence-corrected chi connectivity index (χ1v) is 9.29. The molecule has 0 aromatic heterocycles. The van der Waals surface area contributed by atoms with Gasteiger partial charge in [0.15, 0.2) is 0 Å². The Kier molecular flexibility index (Phi) is 5.91. The average Bonchev–Trinajstić information content (AvgIpc) is 3.25. The fourth-order valence-electron chi connectivity index (χ4n) is 4.41. The van der Waals surface area contributed by atoms with E-state index >= 15 is 0 Å². The second kappa shape index (κ2) is 7.80. The van der Waals surface area contributed by atoms with Gasteiger partial charge < -0.3 is 10.2 Å². The summed E-state index contributed by atoms with van der Waals surface area (Å²) in [6.07, 6.45) is 3.50. The summed E-state index contributed by atoms with van der Waals surface area (Å²) < 4.78 is 0. The van der Waals surface area contributed by atoms with E-state index in [-0.39, 0.29) is 30.3 Å². The third-order valence-corrected chi connectivity index (χ3v) is 6.35. The Morgan fingerprint density at radius 1 is 1.20 bits per heavy atom. The van der Waals surface area contributed by atoms with E-state index in [4.69, 9.17) is 11.6 Å². The van der Waals surface area contributed by atoms with Crippen LogP contribution >= 0.6 is 24.0 Å². The minimum atomic E-state index is -0.0966. The van der Waals surface area contributed by atoms with Crippen LogP contribution in [0.15, 0.2) is 24.3 Å². The van der Waals surface area contributed by atoms with Crippen LogP contribution in [-0.2, 0) is 4.79 Å². The van der Waals surface area contributed by atoms with E-state index in [1.165, 1.54) is 6.42 Å². The van der Waals surface area contributed by atoms with E-state index in [1.807, 2.05) is 24.3 Å². The molecule has 2 unspecified atom stereocenters. The molecule has 0 saturated carbocycles. The van der Waals surface area contributed by atoms with Crippen LogP contribution in [0.1, 0.15) is 30.9 Å². The topological polar surface area (TPSA) is 56.4 Å². The third kappa shape index (κ3) is 3.67. The predicted octanol–water partition coefficient (Wildman–Crippen LogP) is 2.13. The SMILES string of the molecule is Cl.O=C(C1CNNC1c1ccccc1Cl)N1CCC2(CCNC2)CC1. The van der Waals surface area contributed by atoms with E-state index in [1.54, 1.807) is 0 Å². The summed E-state index contributed by atoms with van der Waals surface area (Å²) in [5.74, 6) is 0.152. The van der Waals surface area contributed by atoms with Gasteiger partial charge in [-0.3, -0.25) is 10.2 Å². The molecule has 0 radical (unpaired) electrons. The lowest BCUT2D eigenvalue weighted by Gasteiger charge is -2.40. The molecule has 3 fully saturated rings. The van der Waals surface area contributed by atoms with Crippen molar-refractivity contribution in [3.63, 3.8) is 0 Å². The number of nitrogens with zero attached hydrogens (tertiary/aromatic N) is 1. The highest BCUT2D eigenvalue weighted by molar-refractivity contribution is 6.31. The van der Waals surface area contributed by atoms with E-state index in [0.717, 1.165) is 44.6 Å². The number of hydrogen-bond acceptors (Lipinski definition) is 4. The third-order valence-electron chi connectivity index (χ3n) is 6.01.